The van der Waals surface area contributed by atoms with Gasteiger partial charge in [-0.3, -0.25) is 5.48 Å². The summed E-state index contributed by atoms with van der Waals surface area (Å²) in [7, 11) is 0. The van der Waals surface area contributed by atoms with Gasteiger partial charge in [-0.05, 0) is 0 Å². The minimum Gasteiger partial charge on any atom is -0.251 e. The van der Waals surface area contributed by atoms with Gasteiger partial charge in [0, 0.05) is 5.41 Å². The number of nitrogens with one attached hydrogen (secondary N) is 1. The van der Waals surface area contributed by atoms with Gasteiger partial charge in [0.2, 0.25) is 0 Å². The van der Waals surface area contributed by atoms with Crippen molar-refractivity contribution in [1.29, 1.82) is 0 Å². The predicted molar refractivity (Wildman–Crippen MR) is 19.6 cm³/mol. The van der Waals surface area contributed by atoms with Crippen LogP contribution in [-0.4, -0.2) is 0 Å². The van der Waals surface area contributed by atoms with Gasteiger partial charge in [0.25, 0.3) is 0 Å². The van der Waals surface area contributed by atoms with E-state index in [1.807, 2.05) is 0 Å². The quantitative estimate of drug-likeness (QED) is 0.434. The highest BCUT2D eigenvalue weighted by molar-refractivity contribution is 7.97. The van der Waals surface area contributed by atoms with Crippen LogP contribution in [-0.2, 0) is 4.28 Å². The molecule has 1 radical (unpaired) electrons. The van der Waals surface area contributed by atoms with Gasteiger partial charge in [-0.1, -0.05) is 0 Å². The van der Waals surface area contributed by atoms with Crippen LogP contribution in [0.3, 0.4) is 0 Å². The Labute approximate surface area is 34.4 Å². The van der Waals surface area contributed by atoms with Gasteiger partial charge in [0.15, 0.2) is 0 Å². The Hall–Kier alpha value is -0.150. The molecule has 0 amide bonds. The fourth-order valence-corrected chi connectivity index (χ4v) is 0.361. The molecule has 0 fully saturated rings. The standard InChI is InChI=1S/C2H2NOS/c1-2-5-4-3-1/h2-3H. The van der Waals surface area contributed by atoms with Crippen LogP contribution in [0.2, 0.25) is 0 Å². The lowest BCUT2D eigenvalue weighted by Gasteiger charge is -1.78. The summed E-state index contributed by atoms with van der Waals surface area (Å²) in [5, 5.41) is 1.69. The Bertz CT molecular complexity index is 47.6. The molecule has 1 N–H and O–H groups in total. The molecule has 1 aliphatic heterocycles. The molecule has 27 valence electrons. The average Bonchev–Trinajstić information content (AvgIpc) is 1.76. The van der Waals surface area contributed by atoms with E-state index in [9.17, 15) is 0 Å². The smallest absolute Gasteiger partial charge is 0.0964 e. The van der Waals surface area contributed by atoms with Gasteiger partial charge >= 0.3 is 0 Å². The van der Waals surface area contributed by atoms with Crippen LogP contribution in [0.5, 0.6) is 0 Å². The SMILES string of the molecule is [C]1=CSON1. The van der Waals surface area contributed by atoms with Crippen molar-refractivity contribution in [2.45, 2.75) is 0 Å². The number of hydroxylamine groups is 1. The van der Waals surface area contributed by atoms with Crippen molar-refractivity contribution in [3.8, 4) is 0 Å². The largest absolute Gasteiger partial charge is 0.251 e. The van der Waals surface area contributed by atoms with Crippen molar-refractivity contribution in [1.82, 2.24) is 5.48 Å². The third kappa shape index (κ3) is 0.560. The maximum atomic E-state index is 4.44. The first-order valence-corrected chi connectivity index (χ1v) is 1.95. The molecule has 2 nitrogen and oxygen atoms in total. The van der Waals surface area contributed by atoms with E-state index in [1.54, 1.807) is 5.41 Å². The third-order valence-electron chi connectivity index (χ3n) is 0.256. The van der Waals surface area contributed by atoms with Crippen LogP contribution >= 0.6 is 12.0 Å². The molecule has 0 saturated carbocycles. The molecule has 0 unspecified atom stereocenters. The highest BCUT2D eigenvalue weighted by atomic mass is 32.2. The summed E-state index contributed by atoms with van der Waals surface area (Å²) in [6, 6.07) is 0. The highest BCUT2D eigenvalue weighted by Gasteiger charge is 1.84. The Morgan fingerprint density at radius 3 is 3.20 bits per heavy atom. The van der Waals surface area contributed by atoms with Crippen molar-refractivity contribution >= 4 is 12.0 Å². The van der Waals surface area contributed by atoms with Crippen LogP contribution in [0, 0.1) is 6.20 Å². The molecule has 0 bridgehead atoms. The predicted octanol–water partition coefficient (Wildman–Crippen LogP) is 0.444. The molecule has 0 aromatic rings. The Morgan fingerprint density at radius 1 is 2.00 bits per heavy atom. The van der Waals surface area contributed by atoms with Gasteiger partial charge < -0.3 is 0 Å². The number of rotatable bonds is 0. The summed E-state index contributed by atoms with van der Waals surface area (Å²) in [6.45, 7) is 0. The molecule has 3 heteroatoms. The summed E-state index contributed by atoms with van der Waals surface area (Å²) in [5.41, 5.74) is 2.38. The zero-order chi connectivity index (χ0) is 3.54. The molecule has 1 rings (SSSR count). The molecule has 5 heavy (non-hydrogen) atoms. The van der Waals surface area contributed by atoms with Gasteiger partial charge in [-0.15, -0.1) is 0 Å². The Kier molecular flexibility index (Phi) is 0.813. The van der Waals surface area contributed by atoms with Gasteiger partial charge in [-0.2, -0.15) is 0 Å². The fourth-order valence-electron chi connectivity index (χ4n) is 0.120. The van der Waals surface area contributed by atoms with E-state index in [4.69, 9.17) is 0 Å². The zero-order valence-electron chi connectivity index (χ0n) is 2.39. The van der Waals surface area contributed by atoms with Crippen LogP contribution < -0.4 is 5.48 Å². The lowest BCUT2D eigenvalue weighted by atomic mass is 11.1. The fraction of sp³-hybridized carbons (Fsp3) is 0. The van der Waals surface area contributed by atoms with Crippen LogP contribution in [0.25, 0.3) is 0 Å². The first-order valence-electron chi connectivity index (χ1n) is 1.15. The summed E-state index contributed by atoms with van der Waals surface area (Å²) < 4.78 is 4.44. The molecular weight excluding hydrogens is 86.1 g/mol. The maximum Gasteiger partial charge on any atom is 0.0964 e. The van der Waals surface area contributed by atoms with E-state index < -0.39 is 0 Å². The highest BCUT2D eigenvalue weighted by Crippen LogP contribution is 2.03. The van der Waals surface area contributed by atoms with Crippen LogP contribution in [0.15, 0.2) is 5.41 Å². The Balaban J connectivity index is 2.32. The molecule has 0 aliphatic carbocycles. The van der Waals surface area contributed by atoms with E-state index in [1.165, 1.54) is 12.0 Å². The lowest BCUT2D eigenvalue weighted by Crippen LogP contribution is -1.91. The van der Waals surface area contributed by atoms with Gasteiger partial charge in [-0.25, -0.2) is 4.28 Å². The van der Waals surface area contributed by atoms with E-state index in [-0.39, 0.29) is 0 Å². The van der Waals surface area contributed by atoms with Crippen LogP contribution in [0.4, 0.5) is 0 Å². The second kappa shape index (κ2) is 1.33. The van der Waals surface area contributed by atoms with E-state index in [0.29, 0.717) is 0 Å². The zero-order valence-corrected chi connectivity index (χ0v) is 3.21. The molecule has 0 aromatic carbocycles. The molecule has 1 aliphatic rings. The Morgan fingerprint density at radius 2 is 3.00 bits per heavy atom. The van der Waals surface area contributed by atoms with Gasteiger partial charge in [0.05, 0.1) is 18.2 Å². The van der Waals surface area contributed by atoms with Crippen molar-refractivity contribution in [3.63, 3.8) is 0 Å². The first kappa shape index (κ1) is 3.06. The molecule has 0 atom stereocenters. The van der Waals surface area contributed by atoms with Crippen molar-refractivity contribution in [2.24, 2.45) is 0 Å². The average molecular weight is 88.1 g/mol. The molecule has 0 aromatic heterocycles. The second-order valence-electron chi connectivity index (χ2n) is 0.544. The van der Waals surface area contributed by atoms with Crippen molar-refractivity contribution < 1.29 is 4.28 Å². The second-order valence-corrected chi connectivity index (χ2v) is 1.14. The molecule has 0 spiro atoms. The van der Waals surface area contributed by atoms with Gasteiger partial charge in [0.1, 0.15) is 0 Å². The normalized spacial score (nSPS) is 19.2. The minimum absolute atomic E-state index is 1.23. The third-order valence-corrected chi connectivity index (χ3v) is 0.649. The van der Waals surface area contributed by atoms with Crippen LogP contribution in [0.1, 0.15) is 0 Å². The van der Waals surface area contributed by atoms with Crippen molar-refractivity contribution in [3.05, 3.63) is 11.6 Å². The molecule has 1 heterocycles. The molecular formula is C2H2NOS. The summed E-state index contributed by atoms with van der Waals surface area (Å²) in [6.07, 6.45) is 2.59. The monoisotopic (exact) mass is 88.0 g/mol. The molecule has 0 saturated heterocycles. The number of hydrogen-bond donors (Lipinski definition) is 1. The summed E-state index contributed by atoms with van der Waals surface area (Å²) in [4.78, 5) is 0. The van der Waals surface area contributed by atoms with E-state index >= 15 is 0 Å². The van der Waals surface area contributed by atoms with E-state index in [2.05, 4.69) is 16.0 Å². The van der Waals surface area contributed by atoms with E-state index in [0.717, 1.165) is 0 Å². The van der Waals surface area contributed by atoms with Crippen molar-refractivity contribution in [2.75, 3.05) is 0 Å². The number of hydrogen-bond acceptors (Lipinski definition) is 3. The topological polar surface area (TPSA) is 21.3 Å². The first-order chi connectivity index (χ1) is 2.50. The lowest BCUT2D eigenvalue weighted by molar-refractivity contribution is 0.297. The summed E-state index contributed by atoms with van der Waals surface area (Å²) >= 11 is 1.23. The summed E-state index contributed by atoms with van der Waals surface area (Å²) in [5.74, 6) is 0. The minimum atomic E-state index is 1.23. The maximum absolute atomic E-state index is 4.44.